The molecule has 0 spiro atoms. The average Bonchev–Trinajstić information content (AvgIpc) is 3.11. The molecule has 1 saturated heterocycles. The van der Waals surface area contributed by atoms with E-state index in [-0.39, 0.29) is 17.7 Å². The Labute approximate surface area is 169 Å². The van der Waals surface area contributed by atoms with Crippen LogP contribution in [-0.4, -0.2) is 52.4 Å². The summed E-state index contributed by atoms with van der Waals surface area (Å²) in [6.45, 7) is 10.5. The second-order valence-electron chi connectivity index (χ2n) is 7.80. The molecule has 3 aromatic rings. The molecule has 0 radical (unpaired) electrons. The zero-order valence-corrected chi connectivity index (χ0v) is 17.3. The van der Waals surface area contributed by atoms with Crippen molar-refractivity contribution in [1.29, 1.82) is 0 Å². The van der Waals surface area contributed by atoms with Gasteiger partial charge in [-0.3, -0.25) is 9.89 Å². The maximum Gasteiger partial charge on any atom is 0.290 e. The molecule has 0 amide bonds. The van der Waals surface area contributed by atoms with Crippen molar-refractivity contribution in [2.45, 2.75) is 39.8 Å². The van der Waals surface area contributed by atoms with Gasteiger partial charge in [0.1, 0.15) is 22.8 Å². The van der Waals surface area contributed by atoms with E-state index >= 15 is 0 Å². The maximum atomic E-state index is 13.0. The predicted molar refractivity (Wildman–Crippen MR) is 113 cm³/mol. The number of aromatic nitrogens is 4. The molecule has 1 N–H and O–H groups in total. The number of anilines is 1. The molecule has 29 heavy (non-hydrogen) atoms. The van der Waals surface area contributed by atoms with Crippen molar-refractivity contribution in [1.82, 2.24) is 20.0 Å². The van der Waals surface area contributed by atoms with E-state index in [4.69, 9.17) is 9.47 Å². The Balaban J connectivity index is 1.85. The van der Waals surface area contributed by atoms with Gasteiger partial charge in [-0.05, 0) is 52.0 Å². The van der Waals surface area contributed by atoms with Crippen LogP contribution in [0.25, 0.3) is 22.3 Å². The van der Waals surface area contributed by atoms with E-state index in [1.807, 2.05) is 52.0 Å². The summed E-state index contributed by atoms with van der Waals surface area (Å²) < 4.78 is 12.8. The highest BCUT2D eigenvalue weighted by Gasteiger charge is 2.21. The molecule has 3 heterocycles. The molecule has 1 aliphatic heterocycles. The summed E-state index contributed by atoms with van der Waals surface area (Å²) in [5.41, 5.74) is 2.81. The summed E-state index contributed by atoms with van der Waals surface area (Å²) in [6.07, 6.45) is 0.0803. The lowest BCUT2D eigenvalue weighted by Gasteiger charge is -2.29. The van der Waals surface area contributed by atoms with Gasteiger partial charge in [-0.1, -0.05) is 0 Å². The lowest BCUT2D eigenvalue weighted by molar-refractivity contribution is 0.122. The molecule has 2 aromatic heterocycles. The average molecular weight is 397 g/mol. The number of H-pyrrole nitrogens is 1. The normalized spacial score (nSPS) is 14.9. The van der Waals surface area contributed by atoms with E-state index < -0.39 is 0 Å². The highest BCUT2D eigenvalue weighted by molar-refractivity contribution is 5.93. The molecule has 1 aromatic carbocycles. The predicted octanol–water partition coefficient (Wildman–Crippen LogP) is 2.99. The highest BCUT2D eigenvalue weighted by Crippen LogP contribution is 2.30. The van der Waals surface area contributed by atoms with Crippen molar-refractivity contribution < 1.29 is 9.47 Å². The summed E-state index contributed by atoms with van der Waals surface area (Å²) >= 11 is 0. The Bertz CT molecular complexity index is 1060. The Morgan fingerprint density at radius 1 is 1.14 bits per heavy atom. The van der Waals surface area contributed by atoms with Crippen LogP contribution >= 0.6 is 0 Å². The third kappa shape index (κ3) is 3.85. The van der Waals surface area contributed by atoms with Crippen LogP contribution in [0.4, 0.5) is 5.69 Å². The molecule has 0 atom stereocenters. The van der Waals surface area contributed by atoms with Crippen LogP contribution in [0.15, 0.2) is 29.1 Å². The molecule has 8 heteroatoms. The molecule has 1 fully saturated rings. The molecule has 1 aliphatic rings. The van der Waals surface area contributed by atoms with Gasteiger partial charge in [0.2, 0.25) is 0 Å². The first-order chi connectivity index (χ1) is 13.9. The largest absolute Gasteiger partial charge is 0.491 e. The minimum atomic E-state index is -0.0886. The Morgan fingerprint density at radius 2 is 1.90 bits per heavy atom. The van der Waals surface area contributed by atoms with Crippen molar-refractivity contribution in [2.75, 3.05) is 31.2 Å². The van der Waals surface area contributed by atoms with Crippen LogP contribution < -0.4 is 15.2 Å². The minimum Gasteiger partial charge on any atom is -0.491 e. The SMILES string of the molecule is CC(C)Oc1ccc2[nH]nc(-c3cc(N4CCOCC4)c(=O)n(C(C)C)n3)c2c1. The standard InChI is InChI=1S/C21H27N5O3/c1-13(2)26-21(27)19(25-7-9-28-10-8-25)12-18(24-26)20-16-11-15(29-14(3)4)5-6-17(16)22-23-20/h5-6,11-14H,7-10H2,1-4H3,(H,22,23). The fourth-order valence-corrected chi connectivity index (χ4v) is 3.53. The Kier molecular flexibility index (Phi) is 5.27. The van der Waals surface area contributed by atoms with E-state index in [1.54, 1.807) is 0 Å². The van der Waals surface area contributed by atoms with Crippen LogP contribution in [-0.2, 0) is 4.74 Å². The van der Waals surface area contributed by atoms with Gasteiger partial charge in [0.15, 0.2) is 0 Å². The Morgan fingerprint density at radius 3 is 2.59 bits per heavy atom. The van der Waals surface area contributed by atoms with Crippen LogP contribution in [0.3, 0.4) is 0 Å². The summed E-state index contributed by atoms with van der Waals surface area (Å²) in [4.78, 5) is 15.1. The monoisotopic (exact) mass is 397 g/mol. The maximum absolute atomic E-state index is 13.0. The second-order valence-corrected chi connectivity index (χ2v) is 7.80. The van der Waals surface area contributed by atoms with Crippen LogP contribution in [0, 0.1) is 0 Å². The topological polar surface area (TPSA) is 85.3 Å². The van der Waals surface area contributed by atoms with E-state index in [2.05, 4.69) is 20.2 Å². The summed E-state index contributed by atoms with van der Waals surface area (Å²) in [6, 6.07) is 7.62. The minimum absolute atomic E-state index is 0.0627. The van der Waals surface area contributed by atoms with Gasteiger partial charge in [-0.2, -0.15) is 10.2 Å². The zero-order valence-electron chi connectivity index (χ0n) is 17.3. The van der Waals surface area contributed by atoms with E-state index in [9.17, 15) is 4.79 Å². The van der Waals surface area contributed by atoms with E-state index in [0.717, 1.165) is 16.7 Å². The smallest absolute Gasteiger partial charge is 0.290 e. The van der Waals surface area contributed by atoms with Gasteiger partial charge in [-0.25, -0.2) is 4.68 Å². The number of benzene rings is 1. The first kappa shape index (κ1) is 19.4. The summed E-state index contributed by atoms with van der Waals surface area (Å²) in [7, 11) is 0. The van der Waals surface area contributed by atoms with Crippen LogP contribution in [0.2, 0.25) is 0 Å². The van der Waals surface area contributed by atoms with Crippen LogP contribution in [0.1, 0.15) is 33.7 Å². The molecule has 0 unspecified atom stereocenters. The number of fused-ring (bicyclic) bond motifs is 1. The van der Waals surface area contributed by atoms with E-state index in [0.29, 0.717) is 43.4 Å². The number of nitrogens with zero attached hydrogens (tertiary/aromatic N) is 4. The fraction of sp³-hybridized carbons (Fsp3) is 0.476. The number of hydrogen-bond acceptors (Lipinski definition) is 6. The lowest BCUT2D eigenvalue weighted by Crippen LogP contribution is -2.41. The number of rotatable bonds is 5. The van der Waals surface area contributed by atoms with Gasteiger partial charge < -0.3 is 14.4 Å². The van der Waals surface area contributed by atoms with Gasteiger partial charge >= 0.3 is 0 Å². The first-order valence-corrected chi connectivity index (χ1v) is 10.1. The number of ether oxygens (including phenoxy) is 2. The molecule has 8 nitrogen and oxygen atoms in total. The zero-order chi connectivity index (χ0) is 20.5. The molecule has 4 rings (SSSR count). The third-order valence-corrected chi connectivity index (χ3v) is 4.91. The Hall–Kier alpha value is -2.87. The number of nitrogens with one attached hydrogen (secondary N) is 1. The van der Waals surface area contributed by atoms with Gasteiger partial charge in [-0.15, -0.1) is 0 Å². The van der Waals surface area contributed by atoms with Crippen molar-refractivity contribution in [2.24, 2.45) is 0 Å². The molecule has 0 aliphatic carbocycles. The summed E-state index contributed by atoms with van der Waals surface area (Å²) in [5.74, 6) is 0.778. The van der Waals surface area contributed by atoms with Gasteiger partial charge in [0, 0.05) is 18.5 Å². The fourth-order valence-electron chi connectivity index (χ4n) is 3.53. The quantitative estimate of drug-likeness (QED) is 0.712. The van der Waals surface area contributed by atoms with Crippen molar-refractivity contribution in [3.63, 3.8) is 0 Å². The third-order valence-electron chi connectivity index (χ3n) is 4.91. The van der Waals surface area contributed by atoms with E-state index in [1.165, 1.54) is 4.68 Å². The molecular formula is C21H27N5O3. The van der Waals surface area contributed by atoms with Gasteiger partial charge in [0.25, 0.3) is 5.56 Å². The number of hydrogen-bond donors (Lipinski definition) is 1. The lowest BCUT2D eigenvalue weighted by atomic mass is 10.1. The van der Waals surface area contributed by atoms with Crippen molar-refractivity contribution in [3.8, 4) is 17.1 Å². The van der Waals surface area contributed by atoms with Crippen molar-refractivity contribution in [3.05, 3.63) is 34.6 Å². The first-order valence-electron chi connectivity index (χ1n) is 10.1. The highest BCUT2D eigenvalue weighted by atomic mass is 16.5. The molecule has 0 bridgehead atoms. The van der Waals surface area contributed by atoms with Gasteiger partial charge in [0.05, 0.1) is 30.9 Å². The molecular weight excluding hydrogens is 370 g/mol. The van der Waals surface area contributed by atoms with Crippen molar-refractivity contribution >= 4 is 16.6 Å². The summed E-state index contributed by atoms with van der Waals surface area (Å²) in [5, 5.41) is 13.1. The number of morpholine rings is 1. The number of aromatic amines is 1. The molecule has 0 saturated carbocycles. The second kappa shape index (κ2) is 7.87. The van der Waals surface area contributed by atoms with Crippen LogP contribution in [0.5, 0.6) is 5.75 Å². The molecule has 154 valence electrons.